The third-order valence-electron chi connectivity index (χ3n) is 3.52. The first kappa shape index (κ1) is 25.6. The number of nitrogens with zero attached hydrogens (tertiary/aromatic N) is 1. The van der Waals surface area contributed by atoms with E-state index in [4.69, 9.17) is 27.4 Å². The zero-order chi connectivity index (χ0) is 22.6. The van der Waals surface area contributed by atoms with E-state index in [-0.39, 0.29) is 25.3 Å². The number of amides is 3. The molecule has 0 heterocycles. The van der Waals surface area contributed by atoms with E-state index in [0.29, 0.717) is 0 Å². The van der Waals surface area contributed by atoms with Crippen molar-refractivity contribution in [3.8, 4) is 0 Å². The Morgan fingerprint density at radius 3 is 2.03 bits per heavy atom. The predicted octanol–water partition coefficient (Wildman–Crippen LogP) is -3.97. The Morgan fingerprint density at radius 2 is 1.55 bits per heavy atom. The van der Waals surface area contributed by atoms with Crippen molar-refractivity contribution < 1.29 is 34.2 Å². The number of carbonyl (C=O) groups is 5. The molecule has 0 bridgehead atoms. The summed E-state index contributed by atoms with van der Waals surface area (Å²) in [4.78, 5) is 61.8. The quantitative estimate of drug-likeness (QED) is 0.0819. The molecule has 14 heteroatoms. The average molecular weight is 417 g/mol. The van der Waals surface area contributed by atoms with Crippen LogP contribution in [0.5, 0.6) is 0 Å². The van der Waals surface area contributed by atoms with Gasteiger partial charge >= 0.3 is 11.9 Å². The van der Waals surface area contributed by atoms with Crippen LogP contribution in [0.15, 0.2) is 4.99 Å². The van der Waals surface area contributed by atoms with Crippen LogP contribution in [0, 0.1) is 0 Å². The van der Waals surface area contributed by atoms with Crippen molar-refractivity contribution >= 4 is 35.6 Å². The van der Waals surface area contributed by atoms with Gasteiger partial charge in [-0.1, -0.05) is 0 Å². The van der Waals surface area contributed by atoms with Crippen LogP contribution in [0.3, 0.4) is 0 Å². The molecule has 0 saturated carbocycles. The van der Waals surface area contributed by atoms with Crippen molar-refractivity contribution in [3.05, 3.63) is 0 Å². The van der Waals surface area contributed by atoms with Crippen molar-refractivity contribution in [3.63, 3.8) is 0 Å². The number of guanidine groups is 1. The van der Waals surface area contributed by atoms with Crippen molar-refractivity contribution in [2.75, 3.05) is 13.1 Å². The van der Waals surface area contributed by atoms with E-state index >= 15 is 0 Å². The van der Waals surface area contributed by atoms with Crippen LogP contribution in [-0.4, -0.2) is 77.0 Å². The van der Waals surface area contributed by atoms with Crippen LogP contribution in [0.1, 0.15) is 26.2 Å². The maximum absolute atomic E-state index is 12.4. The minimum atomic E-state index is -1.48. The summed E-state index contributed by atoms with van der Waals surface area (Å²) in [5.41, 5.74) is 15.5. The smallest absolute Gasteiger partial charge is 0.325 e. The third-order valence-corrected chi connectivity index (χ3v) is 3.52. The SMILES string of the molecule is CC(NC(=O)C(CCCN=C(N)N)NC(=O)C(CC(=O)O)NC(=O)CN)C(=O)O. The number of aliphatic imine (C=N–C) groups is 1. The van der Waals surface area contributed by atoms with Gasteiger partial charge in [0.2, 0.25) is 17.7 Å². The fraction of sp³-hybridized carbons (Fsp3) is 0.600. The van der Waals surface area contributed by atoms with E-state index in [0.717, 1.165) is 0 Å². The summed E-state index contributed by atoms with van der Waals surface area (Å²) < 4.78 is 0. The Balaban J connectivity index is 5.28. The van der Waals surface area contributed by atoms with Gasteiger partial charge in [0.25, 0.3) is 0 Å². The Bertz CT molecular complexity index is 649. The standard InChI is InChI=1S/C15H27N7O7/c1-7(14(28)29)20-12(26)8(3-2-4-19-15(17)18)22-13(27)9(5-11(24)25)21-10(23)6-16/h7-9H,2-6,16H2,1H3,(H,20,26)(H,21,23)(H,22,27)(H,24,25)(H,28,29)(H4,17,18,19). The van der Waals surface area contributed by atoms with Gasteiger partial charge in [-0.05, 0) is 19.8 Å². The van der Waals surface area contributed by atoms with Gasteiger partial charge in [0.1, 0.15) is 18.1 Å². The molecule has 0 aliphatic heterocycles. The van der Waals surface area contributed by atoms with Gasteiger partial charge in [0.15, 0.2) is 5.96 Å². The second-order valence-electron chi connectivity index (χ2n) is 6.00. The van der Waals surface area contributed by atoms with E-state index < -0.39 is 60.8 Å². The normalized spacial score (nSPS) is 13.3. The molecule has 14 nitrogen and oxygen atoms in total. The van der Waals surface area contributed by atoms with E-state index in [2.05, 4.69) is 20.9 Å². The number of carboxylic acids is 2. The van der Waals surface area contributed by atoms with Crippen LogP contribution < -0.4 is 33.2 Å². The molecule has 0 radical (unpaired) electrons. The zero-order valence-electron chi connectivity index (χ0n) is 15.9. The molecule has 164 valence electrons. The lowest BCUT2D eigenvalue weighted by Gasteiger charge is -2.23. The highest BCUT2D eigenvalue weighted by Gasteiger charge is 2.29. The number of hydrogen-bond donors (Lipinski definition) is 8. The molecule has 0 aliphatic carbocycles. The Labute approximate surface area is 166 Å². The first-order valence-corrected chi connectivity index (χ1v) is 8.58. The van der Waals surface area contributed by atoms with Crippen LogP contribution >= 0.6 is 0 Å². The van der Waals surface area contributed by atoms with Crippen molar-refractivity contribution in [1.82, 2.24) is 16.0 Å². The summed E-state index contributed by atoms with van der Waals surface area (Å²) in [5, 5.41) is 24.5. The van der Waals surface area contributed by atoms with Crippen molar-refractivity contribution in [2.45, 2.75) is 44.3 Å². The molecule has 0 fully saturated rings. The number of rotatable bonds is 13. The molecular formula is C15H27N7O7. The van der Waals surface area contributed by atoms with Gasteiger partial charge in [0, 0.05) is 6.54 Å². The molecule has 3 atom stereocenters. The van der Waals surface area contributed by atoms with Gasteiger partial charge in [-0.25, -0.2) is 0 Å². The Kier molecular flexibility index (Phi) is 11.4. The molecule has 0 rings (SSSR count). The van der Waals surface area contributed by atoms with Gasteiger partial charge in [0.05, 0.1) is 13.0 Å². The molecule has 0 aromatic carbocycles. The lowest BCUT2D eigenvalue weighted by atomic mass is 10.1. The third kappa shape index (κ3) is 11.1. The van der Waals surface area contributed by atoms with Gasteiger partial charge in [-0.3, -0.25) is 29.0 Å². The molecule has 3 amide bonds. The van der Waals surface area contributed by atoms with Crippen LogP contribution in [0.4, 0.5) is 0 Å². The summed E-state index contributed by atoms with van der Waals surface area (Å²) in [7, 11) is 0. The molecule has 0 aromatic rings. The highest BCUT2D eigenvalue weighted by atomic mass is 16.4. The summed E-state index contributed by atoms with van der Waals surface area (Å²) in [5.74, 6) is -5.34. The molecule has 0 saturated heterocycles. The Hall–Kier alpha value is -3.42. The monoisotopic (exact) mass is 417 g/mol. The summed E-state index contributed by atoms with van der Waals surface area (Å²) >= 11 is 0. The molecule has 11 N–H and O–H groups in total. The first-order chi connectivity index (χ1) is 13.5. The fourth-order valence-corrected chi connectivity index (χ4v) is 2.06. The number of nitrogens with one attached hydrogen (secondary N) is 3. The largest absolute Gasteiger partial charge is 0.481 e. The molecular weight excluding hydrogens is 390 g/mol. The zero-order valence-corrected chi connectivity index (χ0v) is 15.9. The lowest BCUT2D eigenvalue weighted by Crippen LogP contribution is -2.56. The van der Waals surface area contributed by atoms with Crippen LogP contribution in [-0.2, 0) is 24.0 Å². The van der Waals surface area contributed by atoms with Gasteiger partial charge in [-0.15, -0.1) is 0 Å². The van der Waals surface area contributed by atoms with Gasteiger partial charge in [-0.2, -0.15) is 0 Å². The van der Waals surface area contributed by atoms with E-state index in [1.165, 1.54) is 6.92 Å². The van der Waals surface area contributed by atoms with Crippen LogP contribution in [0.25, 0.3) is 0 Å². The highest BCUT2D eigenvalue weighted by molar-refractivity contribution is 5.95. The summed E-state index contributed by atoms with van der Waals surface area (Å²) in [6.07, 6.45) is -0.479. The maximum atomic E-state index is 12.4. The molecule has 3 unspecified atom stereocenters. The van der Waals surface area contributed by atoms with Crippen molar-refractivity contribution in [1.29, 1.82) is 0 Å². The highest BCUT2D eigenvalue weighted by Crippen LogP contribution is 2.02. The topological polar surface area (TPSA) is 252 Å². The van der Waals surface area contributed by atoms with Crippen molar-refractivity contribution in [2.24, 2.45) is 22.2 Å². The predicted molar refractivity (Wildman–Crippen MR) is 100 cm³/mol. The van der Waals surface area contributed by atoms with E-state index in [1.54, 1.807) is 0 Å². The lowest BCUT2D eigenvalue weighted by molar-refractivity contribution is -0.142. The van der Waals surface area contributed by atoms with Gasteiger partial charge < -0.3 is 43.4 Å². The second-order valence-corrected chi connectivity index (χ2v) is 6.00. The van der Waals surface area contributed by atoms with Crippen LogP contribution in [0.2, 0.25) is 0 Å². The number of carboxylic acid groups (broad SMARTS) is 2. The number of aliphatic carboxylic acids is 2. The molecule has 0 aliphatic rings. The number of nitrogens with two attached hydrogens (primary N) is 3. The minimum Gasteiger partial charge on any atom is -0.481 e. The van der Waals surface area contributed by atoms with E-state index in [9.17, 15) is 24.0 Å². The Morgan fingerprint density at radius 1 is 0.966 bits per heavy atom. The number of carbonyl (C=O) groups excluding carboxylic acids is 3. The first-order valence-electron chi connectivity index (χ1n) is 8.58. The summed E-state index contributed by atoms with van der Waals surface area (Å²) in [6.45, 7) is 0.897. The maximum Gasteiger partial charge on any atom is 0.325 e. The average Bonchev–Trinajstić information content (AvgIpc) is 2.62. The molecule has 0 aromatic heterocycles. The minimum absolute atomic E-state index is 0.0192. The summed E-state index contributed by atoms with van der Waals surface area (Å²) in [6, 6.07) is -3.93. The van der Waals surface area contributed by atoms with E-state index in [1.807, 2.05) is 0 Å². The molecule has 0 spiro atoms. The second kappa shape index (κ2) is 12.9. The molecule has 29 heavy (non-hydrogen) atoms. The number of hydrogen-bond acceptors (Lipinski definition) is 7. The fourth-order valence-electron chi connectivity index (χ4n) is 2.06.